The Hall–Kier alpha value is -1.59. The predicted octanol–water partition coefficient (Wildman–Crippen LogP) is 2.74. The minimum Gasteiger partial charge on any atom is -0.494 e. The second kappa shape index (κ2) is 10.2. The molecule has 0 aromatic heterocycles. The van der Waals surface area contributed by atoms with Crippen molar-refractivity contribution in [3.63, 3.8) is 0 Å². The average molecular weight is 323 g/mol. The molecule has 0 aliphatic heterocycles. The minimum absolute atomic E-state index is 0.191. The molecule has 23 heavy (non-hydrogen) atoms. The van der Waals surface area contributed by atoms with Gasteiger partial charge in [-0.25, -0.2) is 0 Å². The van der Waals surface area contributed by atoms with E-state index in [1.165, 1.54) is 25.7 Å². The van der Waals surface area contributed by atoms with Gasteiger partial charge in [0.1, 0.15) is 11.3 Å². The Labute approximate surface area is 138 Å². The van der Waals surface area contributed by atoms with Gasteiger partial charge in [0.25, 0.3) is 0 Å². The van der Waals surface area contributed by atoms with Crippen molar-refractivity contribution in [2.45, 2.75) is 57.4 Å². The van der Waals surface area contributed by atoms with E-state index in [9.17, 15) is 4.79 Å². The van der Waals surface area contributed by atoms with Crippen molar-refractivity contribution >= 4 is 5.97 Å². The van der Waals surface area contributed by atoms with E-state index in [0.717, 1.165) is 24.3 Å². The van der Waals surface area contributed by atoms with Crippen molar-refractivity contribution in [2.75, 3.05) is 13.2 Å². The highest BCUT2D eigenvalue weighted by Gasteiger charge is 2.32. The molecular weight excluding hydrogens is 294 g/mol. The summed E-state index contributed by atoms with van der Waals surface area (Å²) in [5, 5.41) is 18.2. The third kappa shape index (κ3) is 7.01. The van der Waals surface area contributed by atoms with Crippen molar-refractivity contribution in [2.24, 2.45) is 5.73 Å². The van der Waals surface area contributed by atoms with Crippen LogP contribution in [0.25, 0.3) is 0 Å². The van der Waals surface area contributed by atoms with E-state index in [1.54, 1.807) is 0 Å². The van der Waals surface area contributed by atoms with Crippen LogP contribution in [-0.4, -0.2) is 34.9 Å². The molecule has 0 saturated heterocycles. The molecule has 0 bridgehead atoms. The van der Waals surface area contributed by atoms with Crippen LogP contribution in [0.1, 0.15) is 51.0 Å². The number of aliphatic hydroxyl groups is 1. The largest absolute Gasteiger partial charge is 0.494 e. The van der Waals surface area contributed by atoms with Crippen molar-refractivity contribution in [1.29, 1.82) is 0 Å². The van der Waals surface area contributed by atoms with E-state index in [1.807, 2.05) is 24.3 Å². The number of benzene rings is 1. The van der Waals surface area contributed by atoms with Gasteiger partial charge in [0, 0.05) is 0 Å². The number of ether oxygens (including phenoxy) is 1. The number of carbonyl (C=O) groups is 1. The lowest BCUT2D eigenvalue weighted by Crippen LogP contribution is -2.51. The smallest absolute Gasteiger partial charge is 0.326 e. The molecular formula is C18H29NO4. The maximum atomic E-state index is 11.0. The molecule has 1 aromatic carbocycles. The first kappa shape index (κ1) is 19.5. The van der Waals surface area contributed by atoms with Gasteiger partial charge in [0.05, 0.1) is 13.2 Å². The van der Waals surface area contributed by atoms with Crippen LogP contribution in [-0.2, 0) is 11.2 Å². The van der Waals surface area contributed by atoms with Gasteiger partial charge in [-0.2, -0.15) is 0 Å². The molecule has 5 heteroatoms. The Balaban J connectivity index is 2.34. The fraction of sp³-hybridized carbons (Fsp3) is 0.611. The SMILES string of the molecule is CCCCCCCOc1ccc(CCC(N)(CO)C(=O)O)cc1. The Kier molecular flexibility index (Phi) is 8.66. The van der Waals surface area contributed by atoms with Gasteiger partial charge in [-0.05, 0) is 37.0 Å². The normalized spacial score (nSPS) is 13.5. The van der Waals surface area contributed by atoms with Crippen molar-refractivity contribution in [3.05, 3.63) is 29.8 Å². The molecule has 0 spiro atoms. The van der Waals surface area contributed by atoms with Crippen LogP contribution in [0.5, 0.6) is 5.75 Å². The molecule has 130 valence electrons. The number of aliphatic hydroxyl groups excluding tert-OH is 1. The Morgan fingerprint density at radius 1 is 1.17 bits per heavy atom. The number of hydrogen-bond acceptors (Lipinski definition) is 4. The number of rotatable bonds is 12. The molecule has 1 rings (SSSR count). The Morgan fingerprint density at radius 3 is 2.39 bits per heavy atom. The number of unbranched alkanes of at least 4 members (excludes halogenated alkanes) is 4. The number of carboxylic acids is 1. The lowest BCUT2D eigenvalue weighted by atomic mass is 9.93. The summed E-state index contributed by atoms with van der Waals surface area (Å²) >= 11 is 0. The Bertz CT molecular complexity index is 461. The first-order valence-corrected chi connectivity index (χ1v) is 8.36. The van der Waals surface area contributed by atoms with E-state index in [2.05, 4.69) is 6.92 Å². The van der Waals surface area contributed by atoms with E-state index in [4.69, 9.17) is 20.7 Å². The summed E-state index contributed by atoms with van der Waals surface area (Å²) in [5.74, 6) is -0.355. The van der Waals surface area contributed by atoms with Gasteiger partial charge in [0.2, 0.25) is 0 Å². The lowest BCUT2D eigenvalue weighted by molar-refractivity contribution is -0.145. The van der Waals surface area contributed by atoms with E-state index >= 15 is 0 Å². The van der Waals surface area contributed by atoms with E-state index < -0.39 is 18.1 Å². The van der Waals surface area contributed by atoms with E-state index in [0.29, 0.717) is 6.42 Å². The number of hydrogen-bond donors (Lipinski definition) is 3. The fourth-order valence-corrected chi connectivity index (χ4v) is 2.27. The van der Waals surface area contributed by atoms with Gasteiger partial charge in [-0.1, -0.05) is 44.7 Å². The zero-order valence-corrected chi connectivity index (χ0v) is 14.0. The van der Waals surface area contributed by atoms with Gasteiger partial charge < -0.3 is 20.7 Å². The summed E-state index contributed by atoms with van der Waals surface area (Å²) in [6, 6.07) is 7.59. The monoisotopic (exact) mass is 323 g/mol. The molecule has 0 fully saturated rings. The zero-order chi connectivity index (χ0) is 17.1. The summed E-state index contributed by atoms with van der Waals surface area (Å²) in [6.07, 6.45) is 6.73. The van der Waals surface area contributed by atoms with Crippen molar-refractivity contribution in [3.8, 4) is 5.75 Å². The van der Waals surface area contributed by atoms with Crippen LogP contribution in [0, 0.1) is 0 Å². The van der Waals surface area contributed by atoms with Crippen LogP contribution in [0.2, 0.25) is 0 Å². The summed E-state index contributed by atoms with van der Waals surface area (Å²) < 4.78 is 5.69. The molecule has 0 radical (unpaired) electrons. The second-order valence-corrected chi connectivity index (χ2v) is 6.03. The Morgan fingerprint density at radius 2 is 1.83 bits per heavy atom. The van der Waals surface area contributed by atoms with Gasteiger partial charge >= 0.3 is 5.97 Å². The van der Waals surface area contributed by atoms with Crippen LogP contribution in [0.3, 0.4) is 0 Å². The molecule has 0 saturated carbocycles. The lowest BCUT2D eigenvalue weighted by Gasteiger charge is -2.21. The topological polar surface area (TPSA) is 92.8 Å². The summed E-state index contributed by atoms with van der Waals surface area (Å²) in [5.41, 5.74) is 5.06. The number of aliphatic carboxylic acids is 1. The summed E-state index contributed by atoms with van der Waals surface area (Å²) in [6.45, 7) is 2.35. The third-order valence-corrected chi connectivity index (χ3v) is 4.01. The van der Waals surface area contributed by atoms with E-state index in [-0.39, 0.29) is 6.42 Å². The third-order valence-electron chi connectivity index (χ3n) is 4.01. The standard InChI is InChI=1S/C18H29NO4/c1-2-3-4-5-6-13-23-16-9-7-15(8-10-16)11-12-18(19,14-20)17(21)22/h7-10,20H,2-6,11-14,19H2,1H3,(H,21,22). The highest BCUT2D eigenvalue weighted by atomic mass is 16.5. The van der Waals surface area contributed by atoms with Crippen LogP contribution >= 0.6 is 0 Å². The molecule has 5 nitrogen and oxygen atoms in total. The van der Waals surface area contributed by atoms with Crippen LogP contribution < -0.4 is 10.5 Å². The predicted molar refractivity (Wildman–Crippen MR) is 90.7 cm³/mol. The second-order valence-electron chi connectivity index (χ2n) is 6.03. The molecule has 0 heterocycles. The number of nitrogens with two attached hydrogens (primary N) is 1. The molecule has 1 unspecified atom stereocenters. The highest BCUT2D eigenvalue weighted by Crippen LogP contribution is 2.17. The molecule has 0 aliphatic rings. The maximum absolute atomic E-state index is 11.0. The zero-order valence-electron chi connectivity index (χ0n) is 14.0. The highest BCUT2D eigenvalue weighted by molar-refractivity contribution is 5.78. The quantitative estimate of drug-likeness (QED) is 0.514. The van der Waals surface area contributed by atoms with Gasteiger partial charge in [-0.15, -0.1) is 0 Å². The van der Waals surface area contributed by atoms with Crippen LogP contribution in [0.15, 0.2) is 24.3 Å². The fourth-order valence-electron chi connectivity index (χ4n) is 2.27. The number of carboxylic acid groups (broad SMARTS) is 1. The van der Waals surface area contributed by atoms with Crippen LogP contribution in [0.4, 0.5) is 0 Å². The summed E-state index contributed by atoms with van der Waals surface area (Å²) in [7, 11) is 0. The van der Waals surface area contributed by atoms with Crippen molar-refractivity contribution < 1.29 is 19.7 Å². The number of aryl methyl sites for hydroxylation is 1. The first-order valence-electron chi connectivity index (χ1n) is 8.36. The molecule has 0 amide bonds. The first-order chi connectivity index (χ1) is 11.0. The van der Waals surface area contributed by atoms with Gasteiger partial charge in [-0.3, -0.25) is 4.79 Å². The van der Waals surface area contributed by atoms with Crippen molar-refractivity contribution in [1.82, 2.24) is 0 Å². The van der Waals surface area contributed by atoms with Gasteiger partial charge in [0.15, 0.2) is 0 Å². The average Bonchev–Trinajstić information content (AvgIpc) is 2.56. The molecule has 1 atom stereocenters. The molecule has 0 aliphatic carbocycles. The molecule has 1 aromatic rings. The molecule has 4 N–H and O–H groups in total. The maximum Gasteiger partial charge on any atom is 0.326 e. The summed E-state index contributed by atoms with van der Waals surface area (Å²) in [4.78, 5) is 11.0. The minimum atomic E-state index is -1.58.